The highest BCUT2D eigenvalue weighted by molar-refractivity contribution is 7.16. The summed E-state index contributed by atoms with van der Waals surface area (Å²) in [6.45, 7) is 4.51. The Morgan fingerprint density at radius 2 is 1.71 bits per heavy atom. The number of hydrogen-bond donors (Lipinski definition) is 0. The minimum atomic E-state index is 0.403. The zero-order chi connectivity index (χ0) is 18.9. The lowest BCUT2D eigenvalue weighted by Gasteiger charge is -2.28. The molecule has 3 heterocycles. The zero-order valence-electron chi connectivity index (χ0n) is 16.0. The highest BCUT2D eigenvalue weighted by Gasteiger charge is 2.20. The Hall–Kier alpha value is -2.56. The quantitative estimate of drug-likeness (QED) is 0.465. The van der Waals surface area contributed by atoms with Crippen molar-refractivity contribution in [2.45, 2.75) is 25.8 Å². The summed E-state index contributed by atoms with van der Waals surface area (Å²) in [5.74, 6) is 0. The van der Waals surface area contributed by atoms with Gasteiger partial charge >= 0.3 is 0 Å². The van der Waals surface area contributed by atoms with Gasteiger partial charge in [-0.1, -0.05) is 24.3 Å². The normalized spacial score (nSPS) is 15.9. The Morgan fingerprint density at radius 1 is 0.893 bits per heavy atom. The van der Waals surface area contributed by atoms with Crippen molar-refractivity contribution in [2.75, 3.05) is 13.1 Å². The third-order valence-corrected chi connectivity index (χ3v) is 6.75. The van der Waals surface area contributed by atoms with Gasteiger partial charge in [0.1, 0.15) is 0 Å². The molecule has 0 N–H and O–H groups in total. The molecule has 0 amide bonds. The van der Waals surface area contributed by atoms with Crippen LogP contribution in [0.25, 0.3) is 21.3 Å². The second-order valence-corrected chi connectivity index (χ2v) is 8.40. The van der Waals surface area contributed by atoms with Crippen molar-refractivity contribution in [3.63, 3.8) is 0 Å². The highest BCUT2D eigenvalue weighted by atomic mass is 32.1. The molecule has 1 unspecified atom stereocenters. The number of benzene rings is 2. The van der Waals surface area contributed by atoms with Crippen molar-refractivity contribution in [3.05, 3.63) is 83.1 Å². The maximum Gasteiger partial charge on any atom is 0.0815 e. The third-order valence-electron chi connectivity index (χ3n) is 5.94. The number of fused-ring (bicyclic) bond motifs is 2. The topological polar surface area (TPSA) is 29.0 Å². The lowest BCUT2D eigenvalue weighted by atomic mass is 9.97. The Kier molecular flexibility index (Phi) is 4.67. The van der Waals surface area contributed by atoms with E-state index in [4.69, 9.17) is 0 Å². The van der Waals surface area contributed by atoms with Crippen molar-refractivity contribution < 1.29 is 0 Å². The molecule has 3 nitrogen and oxygen atoms in total. The zero-order valence-corrected chi connectivity index (χ0v) is 16.8. The number of pyridine rings is 1. The predicted octanol–water partition coefficient (Wildman–Crippen LogP) is 5.52. The fourth-order valence-electron chi connectivity index (χ4n) is 4.20. The molecule has 2 aromatic heterocycles. The van der Waals surface area contributed by atoms with Crippen LogP contribution in [0.15, 0.2) is 66.4 Å². The third kappa shape index (κ3) is 3.34. The molecule has 0 aliphatic carbocycles. The van der Waals surface area contributed by atoms with Gasteiger partial charge in [-0.25, -0.2) is 4.98 Å². The van der Waals surface area contributed by atoms with Crippen LogP contribution in [-0.4, -0.2) is 28.0 Å². The first-order chi connectivity index (χ1) is 13.8. The summed E-state index contributed by atoms with van der Waals surface area (Å²) in [5.41, 5.74) is 9.92. The van der Waals surface area contributed by atoms with Gasteiger partial charge in [0.25, 0.3) is 0 Å². The fourth-order valence-corrected chi connectivity index (χ4v) is 4.86. The van der Waals surface area contributed by atoms with Gasteiger partial charge in [-0.15, -0.1) is 11.3 Å². The molecule has 4 aromatic rings. The smallest absolute Gasteiger partial charge is 0.0815 e. The summed E-state index contributed by atoms with van der Waals surface area (Å²) in [6, 6.07) is 18.3. The minimum absolute atomic E-state index is 0.403. The van der Waals surface area contributed by atoms with E-state index in [-0.39, 0.29) is 0 Å². The van der Waals surface area contributed by atoms with E-state index in [1.807, 2.05) is 17.9 Å². The van der Waals surface area contributed by atoms with Crippen molar-refractivity contribution >= 4 is 21.6 Å². The first-order valence-corrected chi connectivity index (χ1v) is 10.8. The van der Waals surface area contributed by atoms with Crippen LogP contribution in [-0.2, 0) is 12.8 Å². The van der Waals surface area contributed by atoms with E-state index < -0.39 is 0 Å². The molecule has 0 radical (unpaired) electrons. The van der Waals surface area contributed by atoms with Crippen LogP contribution in [0.3, 0.4) is 0 Å². The van der Waals surface area contributed by atoms with E-state index >= 15 is 0 Å². The number of rotatable bonds is 3. The largest absolute Gasteiger partial charge is 0.296 e. The van der Waals surface area contributed by atoms with Gasteiger partial charge in [-0.2, -0.15) is 0 Å². The Labute approximate surface area is 169 Å². The maximum absolute atomic E-state index is 4.49. The summed E-state index contributed by atoms with van der Waals surface area (Å²) < 4.78 is 1.27. The van der Waals surface area contributed by atoms with Crippen LogP contribution < -0.4 is 0 Å². The summed E-state index contributed by atoms with van der Waals surface area (Å²) in [5, 5.41) is 0. The van der Waals surface area contributed by atoms with Crippen LogP contribution in [0.4, 0.5) is 0 Å². The molecule has 1 aliphatic heterocycles. The second kappa shape index (κ2) is 7.46. The molecule has 1 atom stereocenters. The van der Waals surface area contributed by atoms with Crippen LogP contribution in [0.5, 0.6) is 0 Å². The summed E-state index contributed by atoms with van der Waals surface area (Å²) >= 11 is 1.71. The molecule has 1 aliphatic rings. The summed E-state index contributed by atoms with van der Waals surface area (Å²) in [4.78, 5) is 11.2. The number of hydrogen-bond acceptors (Lipinski definition) is 4. The van der Waals surface area contributed by atoms with E-state index in [0.29, 0.717) is 6.04 Å². The fraction of sp³-hybridized carbons (Fsp3) is 0.250. The average Bonchev–Trinajstić information content (AvgIpc) is 3.12. The average molecular weight is 386 g/mol. The van der Waals surface area contributed by atoms with E-state index in [1.54, 1.807) is 11.3 Å². The SMILES string of the molecule is CC(c1ccc2scnc2c1)N1CCc2ccc(-c3ccncc3)cc2CC1. The summed E-state index contributed by atoms with van der Waals surface area (Å²) in [6.07, 6.45) is 5.93. The molecule has 28 heavy (non-hydrogen) atoms. The lowest BCUT2D eigenvalue weighted by Crippen LogP contribution is -2.29. The molecular weight excluding hydrogens is 362 g/mol. The van der Waals surface area contributed by atoms with E-state index in [1.165, 1.54) is 32.5 Å². The minimum Gasteiger partial charge on any atom is -0.296 e. The van der Waals surface area contributed by atoms with Gasteiger partial charge in [-0.3, -0.25) is 9.88 Å². The van der Waals surface area contributed by atoms with Gasteiger partial charge in [0.05, 0.1) is 15.7 Å². The molecule has 0 saturated heterocycles. The Balaban J connectivity index is 1.37. The molecule has 4 heteroatoms. The highest BCUT2D eigenvalue weighted by Crippen LogP contribution is 2.29. The van der Waals surface area contributed by atoms with Gasteiger partial charge in [0, 0.05) is 31.5 Å². The van der Waals surface area contributed by atoms with Crippen molar-refractivity contribution in [2.24, 2.45) is 0 Å². The molecule has 0 spiro atoms. The molecule has 0 fully saturated rings. The van der Waals surface area contributed by atoms with Crippen LogP contribution in [0.2, 0.25) is 0 Å². The summed E-state index contributed by atoms with van der Waals surface area (Å²) in [7, 11) is 0. The standard InChI is InChI=1S/C24H23N3S/c1-17(20-4-5-24-23(15-20)26-16-28-24)27-12-8-18-2-3-21(14-22(18)9-13-27)19-6-10-25-11-7-19/h2-7,10-11,14-17H,8-9,12-13H2,1H3. The van der Waals surface area contributed by atoms with Gasteiger partial charge in [-0.05, 0) is 71.8 Å². The number of aromatic nitrogens is 2. The van der Waals surface area contributed by atoms with Gasteiger partial charge in [0.15, 0.2) is 0 Å². The molecule has 5 rings (SSSR count). The predicted molar refractivity (Wildman–Crippen MR) is 117 cm³/mol. The second-order valence-electron chi connectivity index (χ2n) is 7.51. The van der Waals surface area contributed by atoms with E-state index in [2.05, 4.69) is 70.3 Å². The maximum atomic E-state index is 4.49. The molecule has 0 bridgehead atoms. The van der Waals surface area contributed by atoms with Gasteiger partial charge in [0.2, 0.25) is 0 Å². The van der Waals surface area contributed by atoms with Gasteiger partial charge < -0.3 is 0 Å². The number of nitrogens with zero attached hydrogens (tertiary/aromatic N) is 3. The van der Waals surface area contributed by atoms with Crippen molar-refractivity contribution in [1.82, 2.24) is 14.9 Å². The van der Waals surface area contributed by atoms with Crippen LogP contribution in [0.1, 0.15) is 29.7 Å². The van der Waals surface area contributed by atoms with Crippen molar-refractivity contribution in [3.8, 4) is 11.1 Å². The van der Waals surface area contributed by atoms with E-state index in [0.717, 1.165) is 31.4 Å². The van der Waals surface area contributed by atoms with Crippen LogP contribution >= 0.6 is 11.3 Å². The van der Waals surface area contributed by atoms with E-state index in [9.17, 15) is 0 Å². The Morgan fingerprint density at radius 3 is 2.57 bits per heavy atom. The monoisotopic (exact) mass is 385 g/mol. The lowest BCUT2D eigenvalue weighted by molar-refractivity contribution is 0.221. The first kappa shape index (κ1) is 17.5. The first-order valence-electron chi connectivity index (χ1n) is 9.87. The van der Waals surface area contributed by atoms with Crippen molar-refractivity contribution in [1.29, 1.82) is 0 Å². The molecule has 0 saturated carbocycles. The Bertz CT molecular complexity index is 1100. The van der Waals surface area contributed by atoms with Crippen LogP contribution in [0, 0.1) is 0 Å². The molecule has 2 aromatic carbocycles. The molecular formula is C24H23N3S. The number of thiazole rings is 1. The molecule has 140 valence electrons.